The number of hydrogen-bond donors (Lipinski definition) is 7. The zero-order chi connectivity index (χ0) is 21.6. The van der Waals surface area contributed by atoms with Crippen LogP contribution in [-0.4, -0.2) is 54.3 Å². The van der Waals surface area contributed by atoms with Gasteiger partial charge >= 0.3 is 11.9 Å². The molecule has 0 aromatic heterocycles. The second kappa shape index (κ2) is 9.21. The minimum atomic E-state index is -1.26. The van der Waals surface area contributed by atoms with Gasteiger partial charge in [0.15, 0.2) is 28.7 Å². The molecular formula is C18H20O10. The Labute approximate surface area is 159 Å². The molecule has 0 aliphatic rings. The molecule has 0 spiro atoms. The molecule has 2 aromatic rings. The Morgan fingerprint density at radius 2 is 1.32 bits per heavy atom. The second-order valence-electron chi connectivity index (χ2n) is 5.36. The minimum Gasteiger partial charge on any atom is -0.504 e. The van der Waals surface area contributed by atoms with Gasteiger partial charge in [-0.25, -0.2) is 9.59 Å². The zero-order valence-corrected chi connectivity index (χ0v) is 15.0. The summed E-state index contributed by atoms with van der Waals surface area (Å²) < 4.78 is 4.63. The highest BCUT2D eigenvalue weighted by atomic mass is 16.5. The van der Waals surface area contributed by atoms with Gasteiger partial charge in [0.05, 0.1) is 17.7 Å². The molecule has 0 fully saturated rings. The summed E-state index contributed by atoms with van der Waals surface area (Å²) in [5.74, 6) is -5.61. The van der Waals surface area contributed by atoms with Crippen LogP contribution in [0.4, 0.5) is 0 Å². The summed E-state index contributed by atoms with van der Waals surface area (Å²) in [6, 6.07) is 2.95. The van der Waals surface area contributed by atoms with E-state index >= 15 is 0 Å². The number of ether oxygens (including phenoxy) is 1. The van der Waals surface area contributed by atoms with Gasteiger partial charge < -0.3 is 40.5 Å². The lowest BCUT2D eigenvalue weighted by atomic mass is 10.0. The van der Waals surface area contributed by atoms with E-state index in [9.17, 15) is 14.7 Å². The zero-order valence-electron chi connectivity index (χ0n) is 15.0. The van der Waals surface area contributed by atoms with Gasteiger partial charge in [0, 0.05) is 5.56 Å². The fourth-order valence-corrected chi connectivity index (χ4v) is 2.17. The van der Waals surface area contributed by atoms with Gasteiger partial charge in [-0.05, 0) is 31.5 Å². The van der Waals surface area contributed by atoms with Crippen LogP contribution >= 0.6 is 0 Å². The Morgan fingerprint density at radius 3 is 1.75 bits per heavy atom. The molecule has 2 rings (SSSR count). The van der Waals surface area contributed by atoms with Crippen LogP contribution in [0.3, 0.4) is 0 Å². The number of rotatable bonds is 4. The number of phenols is 6. The Morgan fingerprint density at radius 1 is 0.821 bits per heavy atom. The molecule has 7 N–H and O–H groups in total. The average molecular weight is 396 g/mol. The quantitative estimate of drug-likeness (QED) is 0.298. The van der Waals surface area contributed by atoms with E-state index in [1.807, 2.05) is 0 Å². The van der Waals surface area contributed by atoms with E-state index in [2.05, 4.69) is 4.74 Å². The van der Waals surface area contributed by atoms with Crippen molar-refractivity contribution in [1.82, 2.24) is 0 Å². The van der Waals surface area contributed by atoms with E-state index in [-0.39, 0.29) is 29.7 Å². The normalized spacial score (nSPS) is 9.93. The van der Waals surface area contributed by atoms with Crippen LogP contribution in [0.1, 0.15) is 40.1 Å². The Hall–Kier alpha value is -3.82. The summed E-state index contributed by atoms with van der Waals surface area (Å²) in [7, 11) is 0. The molecule has 0 bridgehead atoms. The number of esters is 1. The van der Waals surface area contributed by atoms with Crippen molar-refractivity contribution < 1.29 is 50.1 Å². The van der Waals surface area contributed by atoms with E-state index in [1.165, 1.54) is 0 Å². The lowest BCUT2D eigenvalue weighted by Crippen LogP contribution is -2.04. The summed E-state index contributed by atoms with van der Waals surface area (Å²) in [5, 5.41) is 63.4. The molecular weight excluding hydrogens is 376 g/mol. The number of carbonyl (C=O) groups is 2. The summed E-state index contributed by atoms with van der Waals surface area (Å²) in [4.78, 5) is 21.8. The number of carboxylic acid groups (broad SMARTS) is 1. The van der Waals surface area contributed by atoms with Crippen LogP contribution in [0.5, 0.6) is 34.5 Å². The first kappa shape index (κ1) is 22.2. The van der Waals surface area contributed by atoms with E-state index < -0.39 is 46.4 Å². The largest absolute Gasteiger partial charge is 0.504 e. The lowest BCUT2D eigenvalue weighted by Gasteiger charge is -2.09. The summed E-state index contributed by atoms with van der Waals surface area (Å²) in [6.45, 7) is 3.47. The van der Waals surface area contributed by atoms with Crippen LogP contribution in [-0.2, 0) is 11.2 Å². The maximum atomic E-state index is 11.1. The van der Waals surface area contributed by atoms with E-state index in [0.717, 1.165) is 18.2 Å². The first-order chi connectivity index (χ1) is 13.0. The lowest BCUT2D eigenvalue weighted by molar-refractivity contribution is 0.0524. The molecule has 0 aliphatic heterocycles. The fraction of sp³-hybridized carbons (Fsp3) is 0.222. The number of carboxylic acids is 1. The Kier molecular flexibility index (Phi) is 7.31. The molecule has 0 aliphatic carbocycles. The van der Waals surface area contributed by atoms with Gasteiger partial charge in [-0.1, -0.05) is 6.92 Å². The van der Waals surface area contributed by atoms with Crippen LogP contribution in [0.15, 0.2) is 18.2 Å². The number of benzene rings is 2. The summed E-state index contributed by atoms with van der Waals surface area (Å²) in [5.41, 5.74) is -0.118. The molecule has 0 amide bonds. The molecule has 28 heavy (non-hydrogen) atoms. The molecule has 0 atom stereocenters. The monoisotopic (exact) mass is 396 g/mol. The standard InChI is InChI=1S/2C9H10O5/c1-2-14-9(13)5-3-6(10)8(12)7(11)4-5;1-2-4-5(9(13)14)3-6(10)8(12)7(4)11/h3-4,10-12H,2H2,1H3;3,10-12H,2H2,1H3,(H,13,14). The highest BCUT2D eigenvalue weighted by molar-refractivity contribution is 5.92. The number of aromatic carboxylic acids is 1. The Bertz CT molecular complexity index is 865. The number of carbonyl (C=O) groups excluding carboxylic acids is 1. The van der Waals surface area contributed by atoms with Gasteiger partial charge in [-0.15, -0.1) is 0 Å². The first-order valence-corrected chi connectivity index (χ1v) is 7.97. The minimum absolute atomic E-state index is 0.0142. The topological polar surface area (TPSA) is 185 Å². The molecule has 0 saturated heterocycles. The van der Waals surface area contributed by atoms with Crippen LogP contribution in [0.25, 0.3) is 0 Å². The van der Waals surface area contributed by atoms with Crippen LogP contribution in [0.2, 0.25) is 0 Å². The third-order valence-electron chi connectivity index (χ3n) is 3.52. The summed E-state index contributed by atoms with van der Waals surface area (Å²) in [6.07, 6.45) is 0.251. The maximum absolute atomic E-state index is 11.1. The highest BCUT2D eigenvalue weighted by Gasteiger charge is 2.19. The number of hydrogen-bond acceptors (Lipinski definition) is 9. The van der Waals surface area contributed by atoms with E-state index in [0.29, 0.717) is 0 Å². The predicted molar refractivity (Wildman–Crippen MR) is 95.2 cm³/mol. The van der Waals surface area contributed by atoms with Gasteiger partial charge in [0.2, 0.25) is 5.75 Å². The van der Waals surface area contributed by atoms with Crippen molar-refractivity contribution >= 4 is 11.9 Å². The third kappa shape index (κ3) is 4.87. The van der Waals surface area contributed by atoms with Crippen molar-refractivity contribution in [3.05, 3.63) is 34.9 Å². The van der Waals surface area contributed by atoms with Gasteiger partial charge in [-0.2, -0.15) is 0 Å². The Balaban J connectivity index is 0.000000280. The van der Waals surface area contributed by atoms with Crippen molar-refractivity contribution in [2.45, 2.75) is 20.3 Å². The molecule has 0 radical (unpaired) electrons. The van der Waals surface area contributed by atoms with Crippen LogP contribution in [0, 0.1) is 0 Å². The number of aromatic hydroxyl groups is 6. The summed E-state index contributed by atoms with van der Waals surface area (Å²) >= 11 is 0. The SMILES string of the molecule is CCOC(=O)c1cc(O)c(O)c(O)c1.CCc1c(C(=O)O)cc(O)c(O)c1O. The van der Waals surface area contributed by atoms with Crippen molar-refractivity contribution in [3.8, 4) is 34.5 Å². The van der Waals surface area contributed by atoms with Gasteiger partial charge in [0.1, 0.15) is 0 Å². The number of phenolic OH excluding ortho intramolecular Hbond substituents is 6. The van der Waals surface area contributed by atoms with Crippen molar-refractivity contribution in [1.29, 1.82) is 0 Å². The first-order valence-electron chi connectivity index (χ1n) is 7.97. The third-order valence-corrected chi connectivity index (χ3v) is 3.52. The molecule has 2 aromatic carbocycles. The highest BCUT2D eigenvalue weighted by Crippen LogP contribution is 2.39. The molecule has 0 saturated carbocycles. The van der Waals surface area contributed by atoms with Crippen LogP contribution < -0.4 is 0 Å². The molecule has 0 unspecified atom stereocenters. The molecule has 152 valence electrons. The molecule has 10 nitrogen and oxygen atoms in total. The maximum Gasteiger partial charge on any atom is 0.338 e. The van der Waals surface area contributed by atoms with Crippen molar-refractivity contribution in [2.24, 2.45) is 0 Å². The molecule has 0 heterocycles. The molecule has 10 heteroatoms. The van der Waals surface area contributed by atoms with E-state index in [1.54, 1.807) is 13.8 Å². The van der Waals surface area contributed by atoms with Crippen molar-refractivity contribution in [3.63, 3.8) is 0 Å². The predicted octanol–water partition coefficient (Wildman–Crippen LogP) is 2.04. The fourth-order valence-electron chi connectivity index (χ4n) is 2.17. The van der Waals surface area contributed by atoms with Crippen molar-refractivity contribution in [2.75, 3.05) is 6.61 Å². The second-order valence-corrected chi connectivity index (χ2v) is 5.36. The average Bonchev–Trinajstić information content (AvgIpc) is 2.64. The van der Waals surface area contributed by atoms with Gasteiger partial charge in [0.25, 0.3) is 0 Å². The van der Waals surface area contributed by atoms with E-state index in [4.69, 9.17) is 30.6 Å². The van der Waals surface area contributed by atoms with Gasteiger partial charge in [-0.3, -0.25) is 0 Å². The smallest absolute Gasteiger partial charge is 0.338 e.